The van der Waals surface area contributed by atoms with Gasteiger partial charge in [-0.3, -0.25) is 4.68 Å². The summed E-state index contributed by atoms with van der Waals surface area (Å²) < 4.78 is 1.98. The van der Waals surface area contributed by atoms with Crippen molar-refractivity contribution in [1.82, 2.24) is 15.1 Å². The number of hydrogen-bond acceptors (Lipinski definition) is 4. The van der Waals surface area contributed by atoms with Gasteiger partial charge in [0.15, 0.2) is 0 Å². The maximum Gasteiger partial charge on any atom is 0.0895 e. The van der Waals surface area contributed by atoms with Crippen molar-refractivity contribution in [2.45, 2.75) is 46.4 Å². The number of hydrogen-bond donors (Lipinski definition) is 3. The molecule has 0 fully saturated rings. The van der Waals surface area contributed by atoms with Crippen LogP contribution in [0.15, 0.2) is 0 Å². The van der Waals surface area contributed by atoms with Crippen molar-refractivity contribution in [3.05, 3.63) is 17.0 Å². The average Bonchev–Trinajstić information content (AvgIpc) is 2.60. The molecule has 2 unspecified atom stereocenters. The summed E-state index contributed by atoms with van der Waals surface area (Å²) in [6.07, 6.45) is -0.709. The molecule has 0 aliphatic rings. The van der Waals surface area contributed by atoms with E-state index in [1.807, 2.05) is 18.5 Å². The smallest absolute Gasteiger partial charge is 0.0895 e. The first-order valence-corrected chi connectivity index (χ1v) is 6.07. The van der Waals surface area contributed by atoms with Crippen LogP contribution >= 0.6 is 0 Å². The van der Waals surface area contributed by atoms with E-state index in [1.54, 1.807) is 0 Å². The molecule has 0 aromatic carbocycles. The number of aryl methyl sites for hydroxylation is 2. The van der Waals surface area contributed by atoms with Crippen molar-refractivity contribution < 1.29 is 10.2 Å². The Balaban J connectivity index is 2.74. The van der Waals surface area contributed by atoms with E-state index in [0.29, 0.717) is 6.54 Å². The van der Waals surface area contributed by atoms with Crippen LogP contribution in [0.25, 0.3) is 0 Å². The monoisotopic (exact) mass is 241 g/mol. The Morgan fingerprint density at radius 3 is 2.53 bits per heavy atom. The van der Waals surface area contributed by atoms with Crippen LogP contribution in [0.2, 0.25) is 0 Å². The highest BCUT2D eigenvalue weighted by Gasteiger charge is 2.17. The molecule has 0 saturated heterocycles. The molecule has 0 spiro atoms. The SMILES string of the molecule is CCn1nc(C)c(C(C)NCC(O)CO)c1C. The quantitative estimate of drug-likeness (QED) is 0.679. The molecule has 1 aromatic rings. The zero-order valence-corrected chi connectivity index (χ0v) is 11.1. The maximum atomic E-state index is 9.31. The number of aliphatic hydroxyl groups excluding tert-OH is 2. The molecule has 98 valence electrons. The first kappa shape index (κ1) is 14.2. The molecule has 0 aliphatic heterocycles. The molecular formula is C12H23N3O2. The van der Waals surface area contributed by atoms with Crippen LogP contribution in [0, 0.1) is 13.8 Å². The number of nitrogens with zero attached hydrogens (tertiary/aromatic N) is 2. The van der Waals surface area contributed by atoms with Gasteiger partial charge in [-0.05, 0) is 27.7 Å². The number of aromatic nitrogens is 2. The third-order valence-corrected chi connectivity index (χ3v) is 3.04. The third-order valence-electron chi connectivity index (χ3n) is 3.04. The van der Waals surface area contributed by atoms with Gasteiger partial charge in [0.05, 0.1) is 18.4 Å². The third kappa shape index (κ3) is 3.28. The van der Waals surface area contributed by atoms with E-state index in [2.05, 4.69) is 24.3 Å². The zero-order chi connectivity index (χ0) is 13.0. The molecule has 1 heterocycles. The molecule has 1 rings (SSSR count). The van der Waals surface area contributed by atoms with Crippen molar-refractivity contribution in [3.8, 4) is 0 Å². The fourth-order valence-corrected chi connectivity index (χ4v) is 2.12. The summed E-state index contributed by atoms with van der Waals surface area (Å²) in [5.41, 5.74) is 3.35. The minimum Gasteiger partial charge on any atom is -0.394 e. The van der Waals surface area contributed by atoms with Crippen molar-refractivity contribution in [2.75, 3.05) is 13.2 Å². The van der Waals surface area contributed by atoms with Crippen LogP contribution < -0.4 is 5.32 Å². The van der Waals surface area contributed by atoms with E-state index in [4.69, 9.17) is 5.11 Å². The van der Waals surface area contributed by atoms with Gasteiger partial charge < -0.3 is 15.5 Å². The molecule has 0 amide bonds. The molecule has 0 bridgehead atoms. The summed E-state index contributed by atoms with van der Waals surface area (Å²) >= 11 is 0. The van der Waals surface area contributed by atoms with E-state index in [-0.39, 0.29) is 12.6 Å². The highest BCUT2D eigenvalue weighted by Crippen LogP contribution is 2.21. The van der Waals surface area contributed by atoms with Crippen molar-refractivity contribution in [3.63, 3.8) is 0 Å². The lowest BCUT2D eigenvalue weighted by Gasteiger charge is -2.16. The summed E-state index contributed by atoms with van der Waals surface area (Å²) in [6.45, 7) is 9.19. The molecule has 0 radical (unpaired) electrons. The van der Waals surface area contributed by atoms with Crippen LogP contribution in [-0.2, 0) is 6.54 Å². The molecule has 0 saturated carbocycles. The first-order valence-electron chi connectivity index (χ1n) is 6.07. The van der Waals surface area contributed by atoms with Crippen molar-refractivity contribution in [2.24, 2.45) is 0 Å². The summed E-state index contributed by atoms with van der Waals surface area (Å²) in [7, 11) is 0. The zero-order valence-electron chi connectivity index (χ0n) is 11.1. The second kappa shape index (κ2) is 6.14. The minimum absolute atomic E-state index is 0.122. The van der Waals surface area contributed by atoms with E-state index in [1.165, 1.54) is 5.56 Å². The van der Waals surface area contributed by atoms with Crippen LogP contribution in [0.5, 0.6) is 0 Å². The van der Waals surface area contributed by atoms with Crippen molar-refractivity contribution in [1.29, 1.82) is 0 Å². The molecule has 2 atom stereocenters. The summed E-state index contributed by atoms with van der Waals surface area (Å²) in [4.78, 5) is 0. The Labute approximate surface area is 102 Å². The molecule has 0 aliphatic carbocycles. The Bertz CT molecular complexity index is 363. The van der Waals surface area contributed by atoms with Gasteiger partial charge in [0.25, 0.3) is 0 Å². The van der Waals surface area contributed by atoms with Crippen LogP contribution in [0.3, 0.4) is 0 Å². The van der Waals surface area contributed by atoms with Gasteiger partial charge in [-0.15, -0.1) is 0 Å². The molecular weight excluding hydrogens is 218 g/mol. The van der Waals surface area contributed by atoms with E-state index >= 15 is 0 Å². The lowest BCUT2D eigenvalue weighted by molar-refractivity contribution is 0.0923. The molecule has 5 nitrogen and oxygen atoms in total. The number of nitrogens with one attached hydrogen (secondary N) is 1. The van der Waals surface area contributed by atoms with Gasteiger partial charge in [-0.2, -0.15) is 5.10 Å². The highest BCUT2D eigenvalue weighted by atomic mass is 16.3. The van der Waals surface area contributed by atoms with Gasteiger partial charge in [0, 0.05) is 30.4 Å². The van der Waals surface area contributed by atoms with Gasteiger partial charge in [-0.25, -0.2) is 0 Å². The second-order valence-electron chi connectivity index (χ2n) is 4.37. The Hall–Kier alpha value is -0.910. The van der Waals surface area contributed by atoms with Gasteiger partial charge >= 0.3 is 0 Å². The minimum atomic E-state index is -0.709. The molecule has 1 aromatic heterocycles. The lowest BCUT2D eigenvalue weighted by atomic mass is 10.1. The molecule has 3 N–H and O–H groups in total. The Morgan fingerprint density at radius 1 is 1.41 bits per heavy atom. The molecule has 17 heavy (non-hydrogen) atoms. The summed E-state index contributed by atoms with van der Waals surface area (Å²) in [5, 5.41) is 25.7. The van der Waals surface area contributed by atoms with E-state index in [0.717, 1.165) is 17.9 Å². The van der Waals surface area contributed by atoms with Crippen LogP contribution in [0.1, 0.15) is 36.8 Å². The van der Waals surface area contributed by atoms with Gasteiger partial charge in [-0.1, -0.05) is 0 Å². The largest absolute Gasteiger partial charge is 0.394 e. The first-order chi connectivity index (χ1) is 8.01. The van der Waals surface area contributed by atoms with Crippen LogP contribution in [-0.4, -0.2) is 39.2 Å². The normalized spacial score (nSPS) is 14.9. The fourth-order valence-electron chi connectivity index (χ4n) is 2.12. The standard InChI is InChI=1S/C12H23N3O2/c1-5-15-10(4)12(9(3)14-15)8(2)13-6-11(17)7-16/h8,11,13,16-17H,5-7H2,1-4H3. The topological polar surface area (TPSA) is 70.3 Å². The predicted molar refractivity (Wildman–Crippen MR) is 66.9 cm³/mol. The Kier molecular flexibility index (Phi) is 5.11. The lowest BCUT2D eigenvalue weighted by Crippen LogP contribution is -2.31. The average molecular weight is 241 g/mol. The number of rotatable bonds is 6. The van der Waals surface area contributed by atoms with Crippen LogP contribution in [0.4, 0.5) is 0 Å². The Morgan fingerprint density at radius 2 is 2.06 bits per heavy atom. The molecule has 5 heteroatoms. The van der Waals surface area contributed by atoms with Gasteiger partial charge in [0.2, 0.25) is 0 Å². The second-order valence-corrected chi connectivity index (χ2v) is 4.37. The van der Waals surface area contributed by atoms with E-state index < -0.39 is 6.10 Å². The highest BCUT2D eigenvalue weighted by molar-refractivity contribution is 5.27. The maximum absolute atomic E-state index is 9.31. The van der Waals surface area contributed by atoms with E-state index in [9.17, 15) is 5.11 Å². The predicted octanol–water partition coefficient (Wildman–Crippen LogP) is 0.524. The fraction of sp³-hybridized carbons (Fsp3) is 0.750. The van der Waals surface area contributed by atoms with Gasteiger partial charge in [0.1, 0.15) is 0 Å². The number of aliphatic hydroxyl groups is 2. The summed E-state index contributed by atoms with van der Waals surface area (Å²) in [5.74, 6) is 0. The van der Waals surface area contributed by atoms with Crippen molar-refractivity contribution >= 4 is 0 Å². The summed E-state index contributed by atoms with van der Waals surface area (Å²) in [6, 6.07) is 0.122.